The van der Waals surface area contributed by atoms with Crippen LogP contribution in [-0.4, -0.2) is 21.0 Å². The summed E-state index contributed by atoms with van der Waals surface area (Å²) in [6.45, 7) is 1.73. The van der Waals surface area contributed by atoms with Gasteiger partial charge in [0.1, 0.15) is 10.7 Å². The summed E-state index contributed by atoms with van der Waals surface area (Å²) in [7, 11) is 0. The summed E-state index contributed by atoms with van der Waals surface area (Å²) in [5, 5.41) is 9.54. The quantitative estimate of drug-likeness (QED) is 0.865. The topological polar surface area (TPSA) is 63.1 Å². The molecule has 2 aromatic rings. The molecule has 2 aromatic heterocycles. The summed E-state index contributed by atoms with van der Waals surface area (Å²) in [5.74, 6) is -1.02. The molecule has 0 unspecified atom stereocenters. The zero-order valence-corrected chi connectivity index (χ0v) is 12.6. The van der Waals surface area contributed by atoms with Gasteiger partial charge in [-0.25, -0.2) is 9.78 Å². The number of carbonyl (C=O) groups is 1. The lowest BCUT2D eigenvalue weighted by molar-refractivity contribution is 0.0690. The highest BCUT2D eigenvalue weighted by Crippen LogP contribution is 2.32. The van der Waals surface area contributed by atoms with Crippen LogP contribution in [0.2, 0.25) is 0 Å². The normalized spacial score (nSPS) is 10.5. The van der Waals surface area contributed by atoms with Gasteiger partial charge in [0.15, 0.2) is 5.69 Å². The molecule has 0 spiro atoms. The van der Waals surface area contributed by atoms with Crippen LogP contribution in [0.4, 0.5) is 0 Å². The highest BCUT2D eigenvalue weighted by molar-refractivity contribution is 9.11. The third-order valence-electron chi connectivity index (χ3n) is 2.01. The van der Waals surface area contributed by atoms with Gasteiger partial charge in [-0.1, -0.05) is 0 Å². The summed E-state index contributed by atoms with van der Waals surface area (Å²) in [5.41, 5.74) is 0.732. The summed E-state index contributed by atoms with van der Waals surface area (Å²) in [4.78, 5) is 19.9. The minimum atomic E-state index is -1.02. The molecule has 0 aromatic carbocycles. The number of carboxylic acids is 1. The van der Waals surface area contributed by atoms with Crippen LogP contribution in [0.15, 0.2) is 21.2 Å². The van der Waals surface area contributed by atoms with Gasteiger partial charge in [0, 0.05) is 20.0 Å². The summed E-state index contributed by atoms with van der Waals surface area (Å²) in [6.07, 6.45) is 1.65. The van der Waals surface area contributed by atoms with Crippen molar-refractivity contribution >= 4 is 49.2 Å². The van der Waals surface area contributed by atoms with E-state index in [1.807, 2.05) is 6.07 Å². The molecule has 2 rings (SSSR count). The van der Waals surface area contributed by atoms with Crippen LogP contribution >= 0.6 is 43.2 Å². The van der Waals surface area contributed by atoms with E-state index in [2.05, 4.69) is 41.8 Å². The molecule has 1 N–H and O–H groups in total. The third-order valence-corrected chi connectivity index (χ3v) is 4.03. The van der Waals surface area contributed by atoms with Crippen molar-refractivity contribution in [2.45, 2.75) is 6.92 Å². The molecule has 4 nitrogen and oxygen atoms in total. The van der Waals surface area contributed by atoms with Crippen molar-refractivity contribution in [3.63, 3.8) is 0 Å². The Kier molecular flexibility index (Phi) is 3.60. The predicted molar refractivity (Wildman–Crippen MR) is 72.4 cm³/mol. The minimum Gasteiger partial charge on any atom is -0.476 e. The largest absolute Gasteiger partial charge is 0.476 e. The maximum absolute atomic E-state index is 10.9. The predicted octanol–water partition coefficient (Wildman–Crippen LogP) is 3.74. The highest BCUT2D eigenvalue weighted by Gasteiger charge is 2.17. The molecule has 88 valence electrons. The van der Waals surface area contributed by atoms with Crippen molar-refractivity contribution in [2.75, 3.05) is 0 Å². The number of pyridine rings is 1. The van der Waals surface area contributed by atoms with Crippen LogP contribution in [-0.2, 0) is 0 Å². The van der Waals surface area contributed by atoms with E-state index < -0.39 is 5.97 Å². The first-order valence-corrected chi connectivity index (χ1v) is 6.91. The fourth-order valence-electron chi connectivity index (χ4n) is 1.27. The molecule has 0 bridgehead atoms. The molecule has 0 aliphatic heterocycles. The number of nitrogens with zero attached hydrogens (tertiary/aromatic N) is 2. The number of aromatic carboxylic acids is 1. The molecule has 0 amide bonds. The van der Waals surface area contributed by atoms with E-state index in [1.165, 1.54) is 11.3 Å². The highest BCUT2D eigenvalue weighted by atomic mass is 79.9. The van der Waals surface area contributed by atoms with Gasteiger partial charge < -0.3 is 5.11 Å². The Labute approximate surface area is 118 Å². The van der Waals surface area contributed by atoms with Gasteiger partial charge in [0.2, 0.25) is 0 Å². The van der Waals surface area contributed by atoms with Gasteiger partial charge in [0.25, 0.3) is 0 Å². The molecular formula is C10H6Br2N2O2S. The number of aryl methyl sites for hydroxylation is 1. The van der Waals surface area contributed by atoms with Crippen molar-refractivity contribution in [3.05, 3.63) is 31.8 Å². The number of aromatic nitrogens is 2. The zero-order valence-electron chi connectivity index (χ0n) is 8.57. The summed E-state index contributed by atoms with van der Waals surface area (Å²) >= 11 is 8.01. The van der Waals surface area contributed by atoms with Crippen LogP contribution in [0.25, 0.3) is 10.7 Å². The second kappa shape index (κ2) is 4.83. The molecule has 0 fully saturated rings. The van der Waals surface area contributed by atoms with Crippen molar-refractivity contribution in [1.82, 2.24) is 9.97 Å². The Balaban J connectivity index is 2.53. The lowest BCUT2D eigenvalue weighted by Gasteiger charge is -1.99. The average Bonchev–Trinajstić information content (AvgIpc) is 2.60. The van der Waals surface area contributed by atoms with Crippen molar-refractivity contribution in [2.24, 2.45) is 0 Å². The number of thiazole rings is 1. The zero-order chi connectivity index (χ0) is 12.6. The second-order valence-electron chi connectivity index (χ2n) is 3.21. The van der Waals surface area contributed by atoms with E-state index in [0.29, 0.717) is 15.6 Å². The van der Waals surface area contributed by atoms with Gasteiger partial charge in [-0.3, -0.25) is 4.98 Å². The Morgan fingerprint density at radius 3 is 2.71 bits per heavy atom. The first-order valence-electron chi connectivity index (χ1n) is 4.51. The van der Waals surface area contributed by atoms with Gasteiger partial charge in [-0.05, 0) is 44.8 Å². The minimum absolute atomic E-state index is 0.0848. The Bertz CT molecular complexity index is 598. The lowest BCUT2D eigenvalue weighted by Crippen LogP contribution is -1.98. The van der Waals surface area contributed by atoms with Gasteiger partial charge in [-0.15, -0.1) is 11.3 Å². The average molecular weight is 378 g/mol. The number of carboxylic acid groups (broad SMARTS) is 1. The number of halogens is 2. The van der Waals surface area contributed by atoms with E-state index in [4.69, 9.17) is 5.11 Å². The van der Waals surface area contributed by atoms with Crippen LogP contribution in [0.5, 0.6) is 0 Å². The Hall–Kier alpha value is -0.790. The SMILES string of the molecule is Cc1sc(-c2ncc(Br)cc2Br)nc1C(=O)O. The smallest absolute Gasteiger partial charge is 0.355 e. The third kappa shape index (κ3) is 2.56. The number of hydrogen-bond donors (Lipinski definition) is 1. The van der Waals surface area contributed by atoms with Gasteiger partial charge >= 0.3 is 5.97 Å². The van der Waals surface area contributed by atoms with Crippen molar-refractivity contribution in [3.8, 4) is 10.7 Å². The number of hydrogen-bond acceptors (Lipinski definition) is 4. The van der Waals surface area contributed by atoms with E-state index >= 15 is 0 Å². The van der Waals surface area contributed by atoms with Crippen LogP contribution in [0.3, 0.4) is 0 Å². The van der Waals surface area contributed by atoms with Crippen LogP contribution < -0.4 is 0 Å². The molecule has 0 saturated carbocycles. The Morgan fingerprint density at radius 1 is 1.47 bits per heavy atom. The molecule has 0 radical (unpaired) electrons. The first-order chi connectivity index (χ1) is 7.99. The molecule has 0 atom stereocenters. The maximum Gasteiger partial charge on any atom is 0.355 e. The fraction of sp³-hybridized carbons (Fsp3) is 0.100. The second-order valence-corrected chi connectivity index (χ2v) is 6.19. The van der Waals surface area contributed by atoms with E-state index in [-0.39, 0.29) is 5.69 Å². The van der Waals surface area contributed by atoms with Gasteiger partial charge in [-0.2, -0.15) is 0 Å². The van der Waals surface area contributed by atoms with Crippen LogP contribution in [0.1, 0.15) is 15.4 Å². The Morgan fingerprint density at radius 2 is 2.18 bits per heavy atom. The lowest BCUT2D eigenvalue weighted by atomic mass is 10.3. The first kappa shape index (κ1) is 12.7. The molecule has 2 heterocycles. The monoisotopic (exact) mass is 376 g/mol. The molecule has 17 heavy (non-hydrogen) atoms. The van der Waals surface area contributed by atoms with E-state index in [9.17, 15) is 4.79 Å². The van der Waals surface area contributed by atoms with Gasteiger partial charge in [0.05, 0.1) is 0 Å². The van der Waals surface area contributed by atoms with Crippen molar-refractivity contribution < 1.29 is 9.90 Å². The van der Waals surface area contributed by atoms with Crippen molar-refractivity contribution in [1.29, 1.82) is 0 Å². The molecule has 0 aliphatic carbocycles. The fourth-order valence-corrected chi connectivity index (χ4v) is 3.49. The van der Waals surface area contributed by atoms with E-state index in [1.54, 1.807) is 13.1 Å². The maximum atomic E-state index is 10.9. The number of rotatable bonds is 2. The summed E-state index contributed by atoms with van der Waals surface area (Å²) < 4.78 is 1.62. The molecule has 7 heteroatoms. The molecule has 0 aliphatic rings. The molecular weight excluding hydrogens is 372 g/mol. The van der Waals surface area contributed by atoms with E-state index in [0.717, 1.165) is 8.95 Å². The van der Waals surface area contributed by atoms with Crippen LogP contribution in [0, 0.1) is 6.92 Å². The summed E-state index contributed by atoms with van der Waals surface area (Å²) in [6, 6.07) is 1.85. The molecule has 0 saturated heterocycles. The standard InChI is InChI=1S/C10H6Br2N2O2S/c1-4-7(10(15)16)14-9(17-4)8-6(12)2-5(11)3-13-8/h2-3H,1H3,(H,15,16).